The highest BCUT2D eigenvalue weighted by Gasteiger charge is 2.29. The molecule has 20 heavy (non-hydrogen) atoms. The van der Waals surface area contributed by atoms with Crippen molar-refractivity contribution in [1.82, 2.24) is 5.32 Å². The first-order valence-corrected chi connectivity index (χ1v) is 7.11. The van der Waals surface area contributed by atoms with Gasteiger partial charge in [0.2, 0.25) is 5.91 Å². The Morgan fingerprint density at radius 3 is 2.90 bits per heavy atom. The number of hydrogen-bond acceptors (Lipinski definition) is 3. The number of ether oxygens (including phenoxy) is 1. The minimum atomic E-state index is -0.886. The van der Waals surface area contributed by atoms with Crippen LogP contribution in [0, 0.1) is 11.8 Å². The molecule has 0 bridgehead atoms. The molecular weight excluding hydrogens is 254 g/mol. The van der Waals surface area contributed by atoms with Crippen molar-refractivity contribution in [3.63, 3.8) is 0 Å². The van der Waals surface area contributed by atoms with E-state index < -0.39 is 5.60 Å². The molecule has 0 fully saturated rings. The van der Waals surface area contributed by atoms with Gasteiger partial charge < -0.3 is 15.2 Å². The molecule has 0 saturated heterocycles. The van der Waals surface area contributed by atoms with Crippen LogP contribution in [0.4, 0.5) is 0 Å². The van der Waals surface area contributed by atoms with E-state index in [1.165, 1.54) is 0 Å². The molecule has 0 radical (unpaired) electrons. The lowest BCUT2D eigenvalue weighted by atomic mass is 9.91. The van der Waals surface area contributed by atoms with Crippen LogP contribution in [0.1, 0.15) is 26.3 Å². The van der Waals surface area contributed by atoms with E-state index >= 15 is 0 Å². The van der Waals surface area contributed by atoms with Crippen LogP contribution in [0.25, 0.3) is 0 Å². The van der Waals surface area contributed by atoms with E-state index in [0.29, 0.717) is 13.0 Å². The molecule has 1 aromatic rings. The largest absolute Gasteiger partial charge is 0.492 e. The second-order valence-electron chi connectivity index (χ2n) is 6.05. The molecule has 1 heterocycles. The van der Waals surface area contributed by atoms with Crippen molar-refractivity contribution in [3.8, 4) is 5.75 Å². The molecule has 4 nitrogen and oxygen atoms in total. The maximum absolute atomic E-state index is 12.2. The number of hydrogen-bond donors (Lipinski definition) is 2. The third kappa shape index (κ3) is 3.31. The fourth-order valence-corrected chi connectivity index (χ4v) is 2.11. The van der Waals surface area contributed by atoms with Crippen LogP contribution in [0.2, 0.25) is 0 Å². The average Bonchev–Trinajstić information content (AvgIpc) is 2.44. The third-order valence-corrected chi connectivity index (χ3v) is 4.11. The first-order chi connectivity index (χ1) is 9.40. The van der Waals surface area contributed by atoms with Crippen molar-refractivity contribution in [2.24, 2.45) is 11.8 Å². The third-order valence-electron chi connectivity index (χ3n) is 4.11. The number of aliphatic hydroxyl groups is 1. The Kier molecular flexibility index (Phi) is 4.33. The van der Waals surface area contributed by atoms with Gasteiger partial charge in [0.15, 0.2) is 0 Å². The summed E-state index contributed by atoms with van der Waals surface area (Å²) in [4.78, 5) is 12.2. The molecule has 1 amide bonds. The maximum Gasteiger partial charge on any atom is 0.226 e. The number of benzene rings is 1. The lowest BCUT2D eigenvalue weighted by Gasteiger charge is -2.30. The highest BCUT2D eigenvalue weighted by molar-refractivity contribution is 5.79. The van der Waals surface area contributed by atoms with Crippen molar-refractivity contribution in [1.29, 1.82) is 0 Å². The monoisotopic (exact) mass is 277 g/mol. The molecule has 1 aliphatic heterocycles. The Hall–Kier alpha value is -1.55. The molecule has 2 N–H and O–H groups in total. The summed E-state index contributed by atoms with van der Waals surface area (Å²) in [6.07, 6.45) is 0.686. The minimum Gasteiger partial charge on any atom is -0.492 e. The number of fused-ring (bicyclic) bond motifs is 1. The van der Waals surface area contributed by atoms with Gasteiger partial charge in [-0.2, -0.15) is 0 Å². The quantitative estimate of drug-likeness (QED) is 0.881. The SMILES string of the molecule is CC(C)C(C)(O)CNC(=O)C1COc2ccccc2C1. The zero-order valence-corrected chi connectivity index (χ0v) is 12.3. The second-order valence-corrected chi connectivity index (χ2v) is 6.05. The van der Waals surface area contributed by atoms with Gasteiger partial charge in [-0.1, -0.05) is 32.0 Å². The van der Waals surface area contributed by atoms with E-state index in [1.54, 1.807) is 6.92 Å². The zero-order chi connectivity index (χ0) is 14.8. The summed E-state index contributed by atoms with van der Waals surface area (Å²) in [5.74, 6) is 0.713. The highest BCUT2D eigenvalue weighted by atomic mass is 16.5. The summed E-state index contributed by atoms with van der Waals surface area (Å²) in [5, 5.41) is 13.0. The predicted molar refractivity (Wildman–Crippen MR) is 77.6 cm³/mol. The van der Waals surface area contributed by atoms with Crippen LogP contribution < -0.4 is 10.1 Å². The Bertz CT molecular complexity index is 482. The van der Waals surface area contributed by atoms with E-state index in [2.05, 4.69) is 5.32 Å². The topological polar surface area (TPSA) is 58.6 Å². The molecular formula is C16H23NO3. The Morgan fingerprint density at radius 2 is 2.20 bits per heavy atom. The van der Waals surface area contributed by atoms with E-state index in [4.69, 9.17) is 4.74 Å². The summed E-state index contributed by atoms with van der Waals surface area (Å²) in [6.45, 7) is 6.27. The van der Waals surface area contributed by atoms with Crippen molar-refractivity contribution in [2.75, 3.05) is 13.2 Å². The normalized spacial score (nSPS) is 20.8. The smallest absolute Gasteiger partial charge is 0.226 e. The Labute approximate surface area is 120 Å². The lowest BCUT2D eigenvalue weighted by molar-refractivity contribution is -0.127. The molecule has 4 heteroatoms. The molecule has 110 valence electrons. The van der Waals surface area contributed by atoms with Crippen molar-refractivity contribution >= 4 is 5.91 Å². The number of carbonyl (C=O) groups excluding carboxylic acids is 1. The van der Waals surface area contributed by atoms with Crippen LogP contribution in [-0.4, -0.2) is 29.8 Å². The summed E-state index contributed by atoms with van der Waals surface area (Å²) in [5.41, 5.74) is 0.179. The molecule has 2 rings (SSSR count). The van der Waals surface area contributed by atoms with Crippen LogP contribution in [0.5, 0.6) is 5.75 Å². The molecule has 0 aromatic heterocycles. The Morgan fingerprint density at radius 1 is 1.50 bits per heavy atom. The van der Waals surface area contributed by atoms with E-state index in [9.17, 15) is 9.90 Å². The fourth-order valence-electron chi connectivity index (χ4n) is 2.11. The van der Waals surface area contributed by atoms with Crippen molar-refractivity contribution in [3.05, 3.63) is 29.8 Å². The van der Waals surface area contributed by atoms with Gasteiger partial charge in [0.05, 0.1) is 11.5 Å². The standard InChI is InChI=1S/C16H23NO3/c1-11(2)16(3,19)10-17-15(18)13-8-12-6-4-5-7-14(12)20-9-13/h4-7,11,13,19H,8-10H2,1-3H3,(H,17,18). The van der Waals surface area contributed by atoms with Crippen molar-refractivity contribution < 1.29 is 14.6 Å². The number of para-hydroxylation sites is 1. The summed E-state index contributed by atoms with van der Waals surface area (Å²) in [6, 6.07) is 7.79. The number of amides is 1. The first-order valence-electron chi connectivity index (χ1n) is 7.11. The highest BCUT2D eigenvalue weighted by Crippen LogP contribution is 2.27. The van der Waals surface area contributed by atoms with Crippen LogP contribution in [0.3, 0.4) is 0 Å². The summed E-state index contributed by atoms with van der Waals surface area (Å²) in [7, 11) is 0. The van der Waals surface area contributed by atoms with Crippen LogP contribution in [0.15, 0.2) is 24.3 Å². The first kappa shape index (κ1) is 14.9. The zero-order valence-electron chi connectivity index (χ0n) is 12.3. The molecule has 0 saturated carbocycles. The van der Waals surface area contributed by atoms with Gasteiger partial charge in [-0.15, -0.1) is 0 Å². The van der Waals surface area contributed by atoms with E-state index in [-0.39, 0.29) is 24.3 Å². The van der Waals surface area contributed by atoms with E-state index in [0.717, 1.165) is 11.3 Å². The van der Waals surface area contributed by atoms with Crippen LogP contribution in [-0.2, 0) is 11.2 Å². The van der Waals surface area contributed by atoms with Gasteiger partial charge in [0.1, 0.15) is 12.4 Å². The molecule has 1 aliphatic rings. The number of nitrogens with one attached hydrogen (secondary N) is 1. The van der Waals surface area contributed by atoms with Gasteiger partial charge in [-0.25, -0.2) is 0 Å². The average molecular weight is 277 g/mol. The van der Waals surface area contributed by atoms with Gasteiger partial charge in [-0.05, 0) is 30.9 Å². The Balaban J connectivity index is 1.92. The van der Waals surface area contributed by atoms with Gasteiger partial charge in [0, 0.05) is 6.54 Å². The minimum absolute atomic E-state index is 0.0552. The van der Waals surface area contributed by atoms with Gasteiger partial charge >= 0.3 is 0 Å². The van der Waals surface area contributed by atoms with Crippen molar-refractivity contribution in [2.45, 2.75) is 32.8 Å². The molecule has 2 unspecified atom stereocenters. The maximum atomic E-state index is 12.2. The van der Waals surface area contributed by atoms with Gasteiger partial charge in [-0.3, -0.25) is 4.79 Å². The second kappa shape index (κ2) is 5.83. The number of rotatable bonds is 4. The molecule has 2 atom stereocenters. The molecule has 0 spiro atoms. The van der Waals surface area contributed by atoms with E-state index in [1.807, 2.05) is 38.1 Å². The molecule has 0 aliphatic carbocycles. The lowest BCUT2D eigenvalue weighted by Crippen LogP contribution is -2.47. The summed E-state index contributed by atoms with van der Waals surface area (Å²) < 4.78 is 5.61. The van der Waals surface area contributed by atoms with Crippen LogP contribution >= 0.6 is 0 Å². The predicted octanol–water partition coefficient (Wildman–Crippen LogP) is 1.76. The summed E-state index contributed by atoms with van der Waals surface area (Å²) >= 11 is 0. The van der Waals surface area contributed by atoms with Gasteiger partial charge in [0.25, 0.3) is 0 Å². The molecule has 1 aromatic carbocycles. The number of carbonyl (C=O) groups is 1. The fraction of sp³-hybridized carbons (Fsp3) is 0.562.